The van der Waals surface area contributed by atoms with Gasteiger partial charge in [-0.25, -0.2) is 0 Å². The number of amidine groups is 1. The van der Waals surface area contributed by atoms with Gasteiger partial charge in [-0.2, -0.15) is 0 Å². The highest BCUT2D eigenvalue weighted by Crippen LogP contribution is 2.49. The van der Waals surface area contributed by atoms with Gasteiger partial charge in [0.15, 0.2) is 0 Å². The monoisotopic (exact) mass is 312 g/mol. The SMILES string of the molecule is N/C(CC1(COCc2ccc(Br)cc2)CC1)=N/O. The Balaban J connectivity index is 1.77. The molecule has 3 N–H and O–H groups in total. The van der Waals surface area contributed by atoms with E-state index in [1.165, 1.54) is 0 Å². The lowest BCUT2D eigenvalue weighted by Crippen LogP contribution is -2.21. The van der Waals surface area contributed by atoms with E-state index in [1.54, 1.807) is 0 Å². The number of nitrogens with two attached hydrogens (primary N) is 1. The first-order chi connectivity index (χ1) is 8.63. The predicted molar refractivity (Wildman–Crippen MR) is 73.5 cm³/mol. The Hall–Kier alpha value is -1.07. The molecule has 4 nitrogen and oxygen atoms in total. The van der Waals surface area contributed by atoms with Gasteiger partial charge in [-0.3, -0.25) is 0 Å². The molecule has 2 rings (SSSR count). The lowest BCUT2D eigenvalue weighted by molar-refractivity contribution is 0.0800. The molecule has 0 heterocycles. The van der Waals surface area contributed by atoms with E-state index in [0.717, 1.165) is 22.9 Å². The standard InChI is InChI=1S/C13H17BrN2O2/c14-11-3-1-10(2-4-11)8-18-9-13(5-6-13)7-12(15)16-17/h1-4,17H,5-9H2,(H2,15,16). The predicted octanol–water partition coefficient (Wildman–Crippen LogP) is 2.88. The Morgan fingerprint density at radius 1 is 1.39 bits per heavy atom. The van der Waals surface area contributed by atoms with Gasteiger partial charge in [-0.05, 0) is 30.5 Å². The molecular formula is C13H17BrN2O2. The van der Waals surface area contributed by atoms with Gasteiger partial charge in [0, 0.05) is 16.3 Å². The van der Waals surface area contributed by atoms with E-state index >= 15 is 0 Å². The maximum Gasteiger partial charge on any atom is 0.139 e. The van der Waals surface area contributed by atoms with Gasteiger partial charge < -0.3 is 15.7 Å². The van der Waals surface area contributed by atoms with Gasteiger partial charge in [0.1, 0.15) is 5.84 Å². The number of oxime groups is 1. The zero-order valence-electron chi connectivity index (χ0n) is 10.1. The van der Waals surface area contributed by atoms with Crippen molar-refractivity contribution in [2.75, 3.05) is 6.61 Å². The van der Waals surface area contributed by atoms with Crippen molar-refractivity contribution < 1.29 is 9.94 Å². The van der Waals surface area contributed by atoms with Gasteiger partial charge >= 0.3 is 0 Å². The first-order valence-electron chi connectivity index (χ1n) is 5.92. The largest absolute Gasteiger partial charge is 0.409 e. The molecule has 0 saturated heterocycles. The maximum absolute atomic E-state index is 8.57. The molecule has 1 fully saturated rings. The second-order valence-electron chi connectivity index (χ2n) is 4.89. The highest BCUT2D eigenvalue weighted by Gasteiger charge is 2.43. The smallest absolute Gasteiger partial charge is 0.139 e. The molecule has 5 heteroatoms. The number of halogens is 1. The molecule has 98 valence electrons. The second-order valence-corrected chi connectivity index (χ2v) is 5.80. The summed E-state index contributed by atoms with van der Waals surface area (Å²) in [5.74, 6) is 0.291. The van der Waals surface area contributed by atoms with Gasteiger partial charge in [-0.1, -0.05) is 33.2 Å². The zero-order valence-corrected chi connectivity index (χ0v) is 11.7. The Labute approximate surface area is 115 Å². The van der Waals surface area contributed by atoms with Crippen molar-refractivity contribution in [1.29, 1.82) is 0 Å². The molecule has 1 saturated carbocycles. The third kappa shape index (κ3) is 3.71. The summed E-state index contributed by atoms with van der Waals surface area (Å²) in [6.45, 7) is 1.27. The van der Waals surface area contributed by atoms with Crippen LogP contribution in [0, 0.1) is 5.41 Å². The molecule has 0 amide bonds. The maximum atomic E-state index is 8.57. The fourth-order valence-corrected chi connectivity index (χ4v) is 2.20. The van der Waals surface area contributed by atoms with Gasteiger partial charge in [0.05, 0.1) is 13.2 Å². The molecule has 1 aromatic carbocycles. The summed E-state index contributed by atoms with van der Waals surface area (Å²) in [7, 11) is 0. The van der Waals surface area contributed by atoms with Crippen LogP contribution in [0.2, 0.25) is 0 Å². The van der Waals surface area contributed by atoms with Crippen LogP contribution in [0.3, 0.4) is 0 Å². The summed E-state index contributed by atoms with van der Waals surface area (Å²) in [6, 6.07) is 8.07. The Morgan fingerprint density at radius 2 is 2.06 bits per heavy atom. The number of hydrogen-bond acceptors (Lipinski definition) is 3. The molecular weight excluding hydrogens is 296 g/mol. The molecule has 0 bridgehead atoms. The highest BCUT2D eigenvalue weighted by molar-refractivity contribution is 9.10. The number of rotatable bonds is 6. The lowest BCUT2D eigenvalue weighted by atomic mass is 10.0. The molecule has 0 spiro atoms. The van der Waals surface area contributed by atoms with Crippen molar-refractivity contribution in [3.05, 3.63) is 34.3 Å². The third-order valence-corrected chi connectivity index (χ3v) is 3.76. The van der Waals surface area contributed by atoms with Crippen LogP contribution in [-0.2, 0) is 11.3 Å². The topological polar surface area (TPSA) is 67.8 Å². The minimum absolute atomic E-state index is 0.103. The van der Waals surface area contributed by atoms with Crippen LogP contribution >= 0.6 is 15.9 Å². The molecule has 1 aliphatic carbocycles. The molecule has 0 radical (unpaired) electrons. The van der Waals surface area contributed by atoms with Crippen LogP contribution in [0.1, 0.15) is 24.8 Å². The van der Waals surface area contributed by atoms with E-state index in [1.807, 2.05) is 24.3 Å². The van der Waals surface area contributed by atoms with Crippen LogP contribution < -0.4 is 5.73 Å². The van der Waals surface area contributed by atoms with Crippen molar-refractivity contribution in [1.82, 2.24) is 0 Å². The second kappa shape index (κ2) is 5.71. The van der Waals surface area contributed by atoms with Crippen molar-refractivity contribution in [2.24, 2.45) is 16.3 Å². The summed E-state index contributed by atoms with van der Waals surface area (Å²) in [5, 5.41) is 11.6. The van der Waals surface area contributed by atoms with E-state index in [0.29, 0.717) is 25.5 Å². The molecule has 0 aromatic heterocycles. The summed E-state index contributed by atoms with van der Waals surface area (Å²) < 4.78 is 6.79. The van der Waals surface area contributed by atoms with E-state index < -0.39 is 0 Å². The van der Waals surface area contributed by atoms with Crippen LogP contribution in [-0.4, -0.2) is 17.6 Å². The molecule has 1 aromatic rings. The third-order valence-electron chi connectivity index (χ3n) is 3.23. The summed E-state index contributed by atoms with van der Waals surface area (Å²) in [4.78, 5) is 0. The van der Waals surface area contributed by atoms with E-state index in [4.69, 9.17) is 15.7 Å². The average molecular weight is 313 g/mol. The fourth-order valence-electron chi connectivity index (χ4n) is 1.93. The lowest BCUT2D eigenvalue weighted by Gasteiger charge is -2.14. The molecule has 18 heavy (non-hydrogen) atoms. The van der Waals surface area contributed by atoms with Crippen molar-refractivity contribution >= 4 is 21.8 Å². The zero-order chi connectivity index (χ0) is 13.0. The van der Waals surface area contributed by atoms with Crippen molar-refractivity contribution in [3.63, 3.8) is 0 Å². The summed E-state index contributed by atoms with van der Waals surface area (Å²) >= 11 is 3.40. The quantitative estimate of drug-likeness (QED) is 0.367. The first-order valence-corrected chi connectivity index (χ1v) is 6.71. The Morgan fingerprint density at radius 3 is 2.61 bits per heavy atom. The number of nitrogens with zero attached hydrogens (tertiary/aromatic N) is 1. The minimum Gasteiger partial charge on any atom is -0.409 e. The summed E-state index contributed by atoms with van der Waals surface area (Å²) in [5.41, 5.74) is 6.79. The number of ether oxygens (including phenoxy) is 1. The molecule has 0 unspecified atom stereocenters. The normalized spacial score (nSPS) is 17.7. The van der Waals surface area contributed by atoms with Gasteiger partial charge in [0.25, 0.3) is 0 Å². The molecule has 0 atom stereocenters. The number of hydrogen-bond donors (Lipinski definition) is 2. The average Bonchev–Trinajstić information content (AvgIpc) is 3.11. The van der Waals surface area contributed by atoms with Crippen LogP contribution in [0.15, 0.2) is 33.9 Å². The van der Waals surface area contributed by atoms with E-state index in [-0.39, 0.29) is 5.41 Å². The first kappa shape index (κ1) is 13.4. The molecule has 1 aliphatic rings. The fraction of sp³-hybridized carbons (Fsp3) is 0.462. The Bertz CT molecular complexity index is 427. The number of benzene rings is 1. The molecule has 0 aliphatic heterocycles. The van der Waals surface area contributed by atoms with Crippen LogP contribution in [0.4, 0.5) is 0 Å². The van der Waals surface area contributed by atoms with Gasteiger partial charge in [0.2, 0.25) is 0 Å². The van der Waals surface area contributed by atoms with Crippen molar-refractivity contribution in [2.45, 2.75) is 25.9 Å². The summed E-state index contributed by atoms with van der Waals surface area (Å²) in [6.07, 6.45) is 2.79. The van der Waals surface area contributed by atoms with Gasteiger partial charge in [-0.15, -0.1) is 0 Å². The van der Waals surface area contributed by atoms with Crippen LogP contribution in [0.25, 0.3) is 0 Å². The Kier molecular flexibility index (Phi) is 4.24. The minimum atomic E-state index is 0.103. The highest BCUT2D eigenvalue weighted by atomic mass is 79.9. The van der Waals surface area contributed by atoms with E-state index in [2.05, 4.69) is 21.1 Å². The van der Waals surface area contributed by atoms with Crippen LogP contribution in [0.5, 0.6) is 0 Å². The van der Waals surface area contributed by atoms with Crippen molar-refractivity contribution in [3.8, 4) is 0 Å². The van der Waals surface area contributed by atoms with E-state index in [9.17, 15) is 0 Å².